The smallest absolute Gasteiger partial charge is 0.326 e. The molecule has 1 fully saturated rings. The number of carboxylic acid groups (broad SMARTS) is 1. The van der Waals surface area contributed by atoms with Gasteiger partial charge < -0.3 is 14.7 Å². The number of rotatable bonds is 4. The maximum Gasteiger partial charge on any atom is 0.326 e. The Labute approximate surface area is 126 Å². The van der Waals surface area contributed by atoms with E-state index in [9.17, 15) is 24.8 Å². The summed E-state index contributed by atoms with van der Waals surface area (Å²) >= 11 is 0. The highest BCUT2D eigenvalue weighted by molar-refractivity contribution is 5.97. The number of amides is 1. The number of non-ortho nitro benzene ring substituents is 1. The Morgan fingerprint density at radius 2 is 2.09 bits per heavy atom. The van der Waals surface area contributed by atoms with Crippen LogP contribution in [0.4, 0.5) is 5.69 Å². The second-order valence-electron chi connectivity index (χ2n) is 5.22. The molecule has 1 N–H and O–H groups in total. The van der Waals surface area contributed by atoms with Gasteiger partial charge in [0.15, 0.2) is 0 Å². The first-order valence-electron chi connectivity index (χ1n) is 6.66. The number of likely N-dealkylation sites (tertiary alicyclic amines) is 1. The highest BCUT2D eigenvalue weighted by Gasteiger charge is 2.40. The fraction of sp³-hybridized carbons (Fsp3) is 0.429. The van der Waals surface area contributed by atoms with Crippen LogP contribution < -0.4 is 0 Å². The Balaban J connectivity index is 2.34. The maximum atomic E-state index is 12.5. The van der Waals surface area contributed by atoms with Gasteiger partial charge in [-0.2, -0.15) is 0 Å². The van der Waals surface area contributed by atoms with Gasteiger partial charge in [-0.15, -0.1) is 0 Å². The summed E-state index contributed by atoms with van der Waals surface area (Å²) in [5.74, 6) is -1.66. The van der Waals surface area contributed by atoms with Gasteiger partial charge in [-0.25, -0.2) is 4.79 Å². The molecule has 2 rings (SSSR count). The molecule has 8 nitrogen and oxygen atoms in total. The SMILES string of the molecule is COC1CC(C(=O)O)N(C(=O)c2cc(C)cc([N+](=O)[O-])c2)C1. The third-order valence-electron chi connectivity index (χ3n) is 3.66. The number of carbonyl (C=O) groups excluding carboxylic acids is 1. The molecule has 1 aromatic rings. The van der Waals surface area contributed by atoms with E-state index in [4.69, 9.17) is 4.74 Å². The van der Waals surface area contributed by atoms with Crippen LogP contribution in [0.1, 0.15) is 22.3 Å². The zero-order valence-corrected chi connectivity index (χ0v) is 12.2. The Kier molecular flexibility index (Phi) is 4.41. The fourth-order valence-corrected chi connectivity index (χ4v) is 2.58. The van der Waals surface area contributed by atoms with Crippen LogP contribution in [0, 0.1) is 17.0 Å². The van der Waals surface area contributed by atoms with Crippen molar-refractivity contribution in [2.45, 2.75) is 25.5 Å². The minimum absolute atomic E-state index is 0.106. The number of ether oxygens (including phenoxy) is 1. The summed E-state index contributed by atoms with van der Waals surface area (Å²) < 4.78 is 5.13. The molecule has 2 atom stereocenters. The first-order valence-corrected chi connectivity index (χ1v) is 6.66. The lowest BCUT2D eigenvalue weighted by atomic mass is 10.1. The molecule has 0 radical (unpaired) electrons. The molecule has 8 heteroatoms. The quantitative estimate of drug-likeness (QED) is 0.661. The van der Waals surface area contributed by atoms with Gasteiger partial charge in [-0.3, -0.25) is 14.9 Å². The number of aliphatic carboxylic acids is 1. The van der Waals surface area contributed by atoms with Crippen LogP contribution >= 0.6 is 0 Å². The number of carboxylic acids is 1. The summed E-state index contributed by atoms with van der Waals surface area (Å²) in [5, 5.41) is 20.1. The maximum absolute atomic E-state index is 12.5. The number of hydrogen-bond donors (Lipinski definition) is 1. The molecular formula is C14H16N2O6. The average molecular weight is 308 g/mol. The third-order valence-corrected chi connectivity index (χ3v) is 3.66. The molecule has 0 aliphatic carbocycles. The Hall–Kier alpha value is -2.48. The number of nitro benzene ring substituents is 1. The van der Waals surface area contributed by atoms with Crippen LogP contribution in [-0.4, -0.2) is 52.6 Å². The highest BCUT2D eigenvalue weighted by atomic mass is 16.6. The van der Waals surface area contributed by atoms with Crippen molar-refractivity contribution in [1.82, 2.24) is 4.90 Å². The summed E-state index contributed by atoms with van der Waals surface area (Å²) in [5.41, 5.74) is 0.472. The molecule has 1 amide bonds. The second kappa shape index (κ2) is 6.10. The molecule has 22 heavy (non-hydrogen) atoms. The Bertz CT molecular complexity index is 630. The molecule has 1 heterocycles. The van der Waals surface area contributed by atoms with Crippen molar-refractivity contribution in [3.63, 3.8) is 0 Å². The van der Waals surface area contributed by atoms with E-state index in [2.05, 4.69) is 0 Å². The largest absolute Gasteiger partial charge is 0.480 e. The van der Waals surface area contributed by atoms with Crippen LogP contribution in [0.2, 0.25) is 0 Å². The van der Waals surface area contributed by atoms with Crippen LogP contribution in [0.3, 0.4) is 0 Å². The predicted octanol–water partition coefficient (Wildman–Crippen LogP) is 1.22. The van der Waals surface area contributed by atoms with E-state index in [1.165, 1.54) is 24.1 Å². The fourth-order valence-electron chi connectivity index (χ4n) is 2.58. The van der Waals surface area contributed by atoms with Gasteiger partial charge in [0.05, 0.1) is 11.0 Å². The third kappa shape index (κ3) is 3.06. The van der Waals surface area contributed by atoms with Crippen molar-refractivity contribution < 1.29 is 24.4 Å². The van der Waals surface area contributed by atoms with Crippen LogP contribution in [0.25, 0.3) is 0 Å². The topological polar surface area (TPSA) is 110 Å². The van der Waals surface area contributed by atoms with E-state index >= 15 is 0 Å². The van der Waals surface area contributed by atoms with E-state index in [-0.39, 0.29) is 30.3 Å². The van der Waals surface area contributed by atoms with Gasteiger partial charge in [0.2, 0.25) is 0 Å². The summed E-state index contributed by atoms with van der Waals surface area (Å²) in [7, 11) is 1.45. The normalized spacial score (nSPS) is 20.9. The van der Waals surface area contributed by atoms with E-state index < -0.39 is 22.8 Å². The van der Waals surface area contributed by atoms with Gasteiger partial charge in [0, 0.05) is 37.8 Å². The van der Waals surface area contributed by atoms with Crippen molar-refractivity contribution in [3.8, 4) is 0 Å². The number of benzene rings is 1. The standard InChI is InChI=1S/C14H16N2O6/c1-8-3-9(5-10(4-8)16(20)21)13(17)15-7-11(22-2)6-12(15)14(18)19/h3-5,11-12H,6-7H2,1-2H3,(H,18,19). The van der Waals surface area contributed by atoms with E-state index in [1.807, 2.05) is 0 Å². The molecule has 0 bridgehead atoms. The lowest BCUT2D eigenvalue weighted by Gasteiger charge is -2.21. The van der Waals surface area contributed by atoms with Crippen LogP contribution in [0.5, 0.6) is 0 Å². The van der Waals surface area contributed by atoms with Gasteiger partial charge in [0.25, 0.3) is 11.6 Å². The lowest BCUT2D eigenvalue weighted by molar-refractivity contribution is -0.384. The monoisotopic (exact) mass is 308 g/mol. The Morgan fingerprint density at radius 3 is 2.64 bits per heavy atom. The van der Waals surface area contributed by atoms with E-state index in [0.29, 0.717) is 5.56 Å². The molecule has 1 saturated heterocycles. The zero-order chi connectivity index (χ0) is 16.4. The summed E-state index contributed by atoms with van der Waals surface area (Å²) in [6.45, 7) is 1.79. The van der Waals surface area contributed by atoms with Crippen molar-refractivity contribution in [2.75, 3.05) is 13.7 Å². The molecular weight excluding hydrogens is 292 g/mol. The molecule has 1 aromatic carbocycles. The number of carbonyl (C=O) groups is 2. The van der Waals surface area contributed by atoms with Gasteiger partial charge in [-0.05, 0) is 18.6 Å². The predicted molar refractivity (Wildman–Crippen MR) is 75.7 cm³/mol. The van der Waals surface area contributed by atoms with Gasteiger partial charge in [-0.1, -0.05) is 0 Å². The number of nitro groups is 1. The lowest BCUT2D eigenvalue weighted by Crippen LogP contribution is -2.40. The summed E-state index contributed by atoms with van der Waals surface area (Å²) in [6, 6.07) is 3.04. The van der Waals surface area contributed by atoms with Crippen LogP contribution in [-0.2, 0) is 9.53 Å². The Morgan fingerprint density at radius 1 is 1.41 bits per heavy atom. The number of nitrogens with zero attached hydrogens (tertiary/aromatic N) is 2. The highest BCUT2D eigenvalue weighted by Crippen LogP contribution is 2.25. The summed E-state index contributed by atoms with van der Waals surface area (Å²) in [6.07, 6.45) is -0.157. The van der Waals surface area contributed by atoms with E-state index in [1.54, 1.807) is 6.92 Å². The molecule has 0 spiro atoms. The number of hydrogen-bond acceptors (Lipinski definition) is 5. The molecule has 1 aliphatic rings. The van der Waals surface area contributed by atoms with Crippen molar-refractivity contribution in [1.29, 1.82) is 0 Å². The minimum Gasteiger partial charge on any atom is -0.480 e. The molecule has 2 unspecified atom stereocenters. The first kappa shape index (κ1) is 15.9. The van der Waals surface area contributed by atoms with Gasteiger partial charge in [0.1, 0.15) is 6.04 Å². The summed E-state index contributed by atoms with van der Waals surface area (Å²) in [4.78, 5) is 35.3. The van der Waals surface area contributed by atoms with Crippen molar-refractivity contribution in [3.05, 3.63) is 39.4 Å². The molecule has 1 aliphatic heterocycles. The molecule has 118 valence electrons. The van der Waals surface area contributed by atoms with E-state index in [0.717, 1.165) is 6.07 Å². The minimum atomic E-state index is -1.12. The van der Waals surface area contributed by atoms with Gasteiger partial charge >= 0.3 is 5.97 Å². The molecule has 0 saturated carbocycles. The van der Waals surface area contributed by atoms with Crippen molar-refractivity contribution in [2.24, 2.45) is 0 Å². The first-order chi connectivity index (χ1) is 10.3. The number of methoxy groups -OCH3 is 1. The average Bonchev–Trinajstić information content (AvgIpc) is 2.90. The second-order valence-corrected chi connectivity index (χ2v) is 5.22. The van der Waals surface area contributed by atoms with Crippen molar-refractivity contribution >= 4 is 17.6 Å². The molecule has 0 aromatic heterocycles. The number of aryl methyl sites for hydroxylation is 1. The van der Waals surface area contributed by atoms with Crippen LogP contribution in [0.15, 0.2) is 18.2 Å². The zero-order valence-electron chi connectivity index (χ0n) is 12.2.